The third-order valence-electron chi connectivity index (χ3n) is 9.44. The van der Waals surface area contributed by atoms with Crippen LogP contribution in [0.4, 0.5) is 5.69 Å². The SMILES string of the molecule is [C-]#[N+]c1ccc(-c2cccc3c2oc2ccccc23)c2c1sc1c(-n3c4ccccc4c4ccc(-c5ccccc5)cc43)cccc12. The van der Waals surface area contributed by atoms with Gasteiger partial charge in [-0.05, 0) is 46.3 Å². The molecule has 0 fully saturated rings. The molecule has 10 aromatic rings. The van der Waals surface area contributed by atoms with E-state index in [9.17, 15) is 0 Å². The maximum Gasteiger partial charge on any atom is 0.204 e. The number of nitrogens with zero attached hydrogens (tertiary/aromatic N) is 2. The summed E-state index contributed by atoms with van der Waals surface area (Å²) in [6.45, 7) is 8.10. The number of aromatic nitrogens is 1. The molecule has 0 spiro atoms. The maximum absolute atomic E-state index is 8.10. The minimum absolute atomic E-state index is 0.668. The molecule has 0 radical (unpaired) electrons. The van der Waals surface area contributed by atoms with E-state index in [2.05, 4.69) is 137 Å². The first-order chi connectivity index (χ1) is 23.3. The van der Waals surface area contributed by atoms with Crippen molar-refractivity contribution in [1.29, 1.82) is 0 Å². The summed E-state index contributed by atoms with van der Waals surface area (Å²) in [5.74, 6) is 0. The van der Waals surface area contributed by atoms with Crippen molar-refractivity contribution in [3.8, 4) is 27.9 Å². The molecule has 10 rings (SSSR count). The Balaban J connectivity index is 1.30. The number of thiophene rings is 1. The third-order valence-corrected chi connectivity index (χ3v) is 10.7. The largest absolute Gasteiger partial charge is 0.455 e. The first-order valence-corrected chi connectivity index (χ1v) is 16.5. The Morgan fingerprint density at radius 3 is 2.17 bits per heavy atom. The van der Waals surface area contributed by atoms with E-state index in [1.165, 1.54) is 21.9 Å². The molecule has 0 atom stereocenters. The van der Waals surface area contributed by atoms with E-state index in [0.717, 1.165) is 70.0 Å². The van der Waals surface area contributed by atoms with Gasteiger partial charge in [0.2, 0.25) is 5.69 Å². The molecule has 0 saturated carbocycles. The lowest BCUT2D eigenvalue weighted by molar-refractivity contribution is 0.670. The van der Waals surface area contributed by atoms with Crippen molar-refractivity contribution < 1.29 is 4.42 Å². The van der Waals surface area contributed by atoms with E-state index in [4.69, 9.17) is 11.0 Å². The summed E-state index contributed by atoms with van der Waals surface area (Å²) in [6, 6.07) is 51.2. The average Bonchev–Trinajstić information content (AvgIpc) is 3.81. The van der Waals surface area contributed by atoms with Crippen molar-refractivity contribution >= 4 is 80.9 Å². The van der Waals surface area contributed by atoms with Crippen LogP contribution in [0.2, 0.25) is 0 Å². The number of hydrogen-bond acceptors (Lipinski definition) is 2. The monoisotopic (exact) mass is 616 g/mol. The lowest BCUT2D eigenvalue weighted by atomic mass is 9.97. The van der Waals surface area contributed by atoms with Gasteiger partial charge in [-0.3, -0.25) is 0 Å². The molecule has 0 N–H and O–H groups in total. The smallest absolute Gasteiger partial charge is 0.204 e. The van der Waals surface area contributed by atoms with Gasteiger partial charge in [-0.2, -0.15) is 0 Å². The predicted molar refractivity (Wildman–Crippen MR) is 198 cm³/mol. The number of fused-ring (bicyclic) bond motifs is 9. The molecule has 7 aromatic carbocycles. The first kappa shape index (κ1) is 26.1. The molecule has 0 saturated heterocycles. The van der Waals surface area contributed by atoms with Crippen LogP contribution >= 0.6 is 11.3 Å². The Kier molecular flexibility index (Phi) is 5.51. The summed E-state index contributed by atoms with van der Waals surface area (Å²) in [5, 5.41) is 6.88. The van der Waals surface area contributed by atoms with Gasteiger partial charge < -0.3 is 8.98 Å². The van der Waals surface area contributed by atoms with Gasteiger partial charge >= 0.3 is 0 Å². The molecule has 47 heavy (non-hydrogen) atoms. The van der Waals surface area contributed by atoms with E-state index in [-0.39, 0.29) is 0 Å². The number of benzene rings is 7. The van der Waals surface area contributed by atoms with Gasteiger partial charge in [-0.25, -0.2) is 4.85 Å². The summed E-state index contributed by atoms with van der Waals surface area (Å²) >= 11 is 1.71. The van der Waals surface area contributed by atoms with Crippen LogP contribution in [0.15, 0.2) is 150 Å². The molecule has 3 nitrogen and oxygen atoms in total. The van der Waals surface area contributed by atoms with Crippen molar-refractivity contribution in [2.45, 2.75) is 0 Å². The van der Waals surface area contributed by atoms with Gasteiger partial charge in [-0.1, -0.05) is 121 Å². The molecule has 0 amide bonds. The summed E-state index contributed by atoms with van der Waals surface area (Å²) in [4.78, 5) is 3.99. The number of rotatable bonds is 3. The highest BCUT2D eigenvalue weighted by Crippen LogP contribution is 2.49. The molecular formula is C43H24N2OS. The second-order valence-electron chi connectivity index (χ2n) is 11.9. The zero-order valence-electron chi connectivity index (χ0n) is 25.1. The van der Waals surface area contributed by atoms with E-state index in [0.29, 0.717) is 5.69 Å². The Hall–Kier alpha value is -6.15. The molecular weight excluding hydrogens is 593 g/mol. The number of para-hydroxylation sites is 3. The van der Waals surface area contributed by atoms with Gasteiger partial charge in [0.15, 0.2) is 0 Å². The normalized spacial score (nSPS) is 11.8. The first-order valence-electron chi connectivity index (χ1n) is 15.6. The summed E-state index contributed by atoms with van der Waals surface area (Å²) < 4.78 is 11.1. The quantitative estimate of drug-likeness (QED) is 0.181. The van der Waals surface area contributed by atoms with Crippen LogP contribution in [-0.4, -0.2) is 4.57 Å². The van der Waals surface area contributed by atoms with Crippen LogP contribution in [0.5, 0.6) is 0 Å². The van der Waals surface area contributed by atoms with Crippen LogP contribution in [0.3, 0.4) is 0 Å². The fraction of sp³-hybridized carbons (Fsp3) is 0. The van der Waals surface area contributed by atoms with Gasteiger partial charge in [0.05, 0.1) is 28.0 Å². The van der Waals surface area contributed by atoms with E-state index in [1.807, 2.05) is 18.2 Å². The molecule has 0 bridgehead atoms. The zero-order chi connectivity index (χ0) is 31.1. The second kappa shape index (κ2) is 9.92. The third kappa shape index (κ3) is 3.72. The molecule has 0 aliphatic rings. The molecule has 3 heterocycles. The molecule has 0 aliphatic carbocycles. The van der Waals surface area contributed by atoms with Gasteiger partial charge in [-0.15, -0.1) is 11.3 Å². The van der Waals surface area contributed by atoms with E-state index < -0.39 is 0 Å². The fourth-order valence-electron chi connectivity index (χ4n) is 7.36. The van der Waals surface area contributed by atoms with Crippen molar-refractivity contribution in [2.75, 3.05) is 0 Å². The lowest BCUT2D eigenvalue weighted by Crippen LogP contribution is -1.94. The maximum atomic E-state index is 8.10. The number of furan rings is 1. The molecule has 218 valence electrons. The van der Waals surface area contributed by atoms with E-state index >= 15 is 0 Å². The van der Waals surface area contributed by atoms with E-state index in [1.54, 1.807) is 11.3 Å². The Morgan fingerprint density at radius 1 is 0.532 bits per heavy atom. The average molecular weight is 617 g/mol. The summed E-state index contributed by atoms with van der Waals surface area (Å²) in [5.41, 5.74) is 10.3. The van der Waals surface area contributed by atoms with Crippen LogP contribution in [0, 0.1) is 6.57 Å². The van der Waals surface area contributed by atoms with Gasteiger partial charge in [0.25, 0.3) is 0 Å². The lowest BCUT2D eigenvalue weighted by Gasteiger charge is -2.11. The van der Waals surface area contributed by atoms with Gasteiger partial charge in [0, 0.05) is 37.2 Å². The highest BCUT2D eigenvalue weighted by molar-refractivity contribution is 7.27. The van der Waals surface area contributed by atoms with Crippen molar-refractivity contribution in [3.63, 3.8) is 0 Å². The topological polar surface area (TPSA) is 22.4 Å². The van der Waals surface area contributed by atoms with Crippen molar-refractivity contribution in [2.24, 2.45) is 0 Å². The molecule has 3 aromatic heterocycles. The van der Waals surface area contributed by atoms with Crippen molar-refractivity contribution in [1.82, 2.24) is 4.57 Å². The fourth-order valence-corrected chi connectivity index (χ4v) is 8.65. The van der Waals surface area contributed by atoms with Crippen LogP contribution in [-0.2, 0) is 0 Å². The number of hydrogen-bond donors (Lipinski definition) is 0. The molecule has 4 heteroatoms. The standard InChI is InChI=1S/C43H24N2OS/c1-44-35-24-23-31(33-16-9-15-32-30-14-6-8-20-39(30)46-41(32)33)40-34-17-10-19-37(42(34)47-43(35)40)45-36-18-7-5-13-28(36)29-22-21-27(25-38(29)45)26-11-3-2-4-12-26/h2-25H. The molecule has 0 aliphatic heterocycles. The van der Waals surface area contributed by atoms with Crippen LogP contribution < -0.4 is 0 Å². The second-order valence-corrected chi connectivity index (χ2v) is 13.0. The predicted octanol–water partition coefficient (Wildman–Crippen LogP) is 12.9. The zero-order valence-corrected chi connectivity index (χ0v) is 25.9. The Labute approximate surface area is 274 Å². The Morgan fingerprint density at radius 2 is 1.28 bits per heavy atom. The summed E-state index contributed by atoms with van der Waals surface area (Å²) in [7, 11) is 0. The van der Waals surface area contributed by atoms with Crippen LogP contribution in [0.25, 0.3) is 96.7 Å². The molecule has 0 unspecified atom stereocenters. The summed E-state index contributed by atoms with van der Waals surface area (Å²) in [6.07, 6.45) is 0. The highest BCUT2D eigenvalue weighted by Gasteiger charge is 2.21. The Bertz CT molecular complexity index is 2920. The van der Waals surface area contributed by atoms with Crippen LogP contribution in [0.1, 0.15) is 0 Å². The highest BCUT2D eigenvalue weighted by atomic mass is 32.1. The minimum Gasteiger partial charge on any atom is -0.455 e. The minimum atomic E-state index is 0.668. The van der Waals surface area contributed by atoms with Gasteiger partial charge in [0.1, 0.15) is 11.2 Å². The van der Waals surface area contributed by atoms with Crippen molar-refractivity contribution in [3.05, 3.63) is 157 Å².